The van der Waals surface area contributed by atoms with Crippen molar-refractivity contribution in [3.8, 4) is 11.3 Å². The van der Waals surface area contributed by atoms with Gasteiger partial charge in [0.05, 0.1) is 24.8 Å². The van der Waals surface area contributed by atoms with Crippen LogP contribution in [0.3, 0.4) is 0 Å². The number of anilines is 1. The van der Waals surface area contributed by atoms with Crippen LogP contribution in [-0.4, -0.2) is 27.4 Å². The number of aliphatic imine (C=N–C) groups is 1. The van der Waals surface area contributed by atoms with Crippen LogP contribution in [-0.2, 0) is 6.54 Å². The highest BCUT2D eigenvalue weighted by atomic mass is 15.3. The van der Waals surface area contributed by atoms with Crippen LogP contribution in [0.4, 0.5) is 5.95 Å². The van der Waals surface area contributed by atoms with Gasteiger partial charge < -0.3 is 4.57 Å². The average Bonchev–Trinajstić information content (AvgIpc) is 3.07. The molecule has 124 valence electrons. The Morgan fingerprint density at radius 3 is 2.60 bits per heavy atom. The van der Waals surface area contributed by atoms with E-state index in [1.54, 1.807) is 0 Å². The number of aromatic nitrogens is 3. The number of hydrogen-bond acceptors (Lipinski definition) is 4. The first-order valence-electron chi connectivity index (χ1n) is 8.29. The van der Waals surface area contributed by atoms with Gasteiger partial charge in [0.25, 0.3) is 0 Å². The van der Waals surface area contributed by atoms with Crippen LogP contribution in [0, 0.1) is 6.92 Å². The molecular formula is C20H19N5. The van der Waals surface area contributed by atoms with Gasteiger partial charge in [-0.1, -0.05) is 30.3 Å². The van der Waals surface area contributed by atoms with Gasteiger partial charge >= 0.3 is 0 Å². The van der Waals surface area contributed by atoms with Crippen LogP contribution in [0.5, 0.6) is 0 Å². The largest absolute Gasteiger partial charge is 0.305 e. The van der Waals surface area contributed by atoms with Crippen LogP contribution < -0.4 is 4.90 Å². The van der Waals surface area contributed by atoms with E-state index >= 15 is 0 Å². The van der Waals surface area contributed by atoms with Gasteiger partial charge in [-0.15, -0.1) is 0 Å². The van der Waals surface area contributed by atoms with Crippen molar-refractivity contribution in [3.63, 3.8) is 0 Å². The lowest BCUT2D eigenvalue weighted by Crippen LogP contribution is -2.26. The molecule has 4 rings (SSSR count). The van der Waals surface area contributed by atoms with E-state index in [1.165, 1.54) is 5.56 Å². The lowest BCUT2D eigenvalue weighted by molar-refractivity contribution is 0.790. The smallest absolute Gasteiger partial charge is 0.211 e. The zero-order valence-corrected chi connectivity index (χ0v) is 14.1. The molecule has 0 N–H and O–H groups in total. The third-order valence-corrected chi connectivity index (χ3v) is 4.18. The number of rotatable bonds is 4. The molecule has 0 unspecified atom stereocenters. The Bertz CT molecular complexity index is 907. The highest BCUT2D eigenvalue weighted by molar-refractivity contribution is 5.79. The molecule has 1 aliphatic rings. The Labute approximate surface area is 147 Å². The molecule has 0 aliphatic carbocycles. The van der Waals surface area contributed by atoms with Gasteiger partial charge in [0.2, 0.25) is 5.95 Å². The fraction of sp³-hybridized carbons (Fsp3) is 0.150. The predicted octanol–water partition coefficient (Wildman–Crippen LogP) is 3.66. The van der Waals surface area contributed by atoms with Crippen LogP contribution in [0.15, 0.2) is 72.1 Å². The normalized spacial score (nSPS) is 13.4. The van der Waals surface area contributed by atoms with Crippen molar-refractivity contribution in [1.29, 1.82) is 0 Å². The summed E-state index contributed by atoms with van der Waals surface area (Å²) in [5, 5.41) is 0. The van der Waals surface area contributed by atoms with Gasteiger partial charge in [0.1, 0.15) is 0 Å². The van der Waals surface area contributed by atoms with Crippen molar-refractivity contribution in [2.75, 3.05) is 11.4 Å². The summed E-state index contributed by atoms with van der Waals surface area (Å²) in [7, 11) is 0. The van der Waals surface area contributed by atoms with E-state index in [9.17, 15) is 0 Å². The van der Waals surface area contributed by atoms with E-state index in [1.807, 2.05) is 55.0 Å². The minimum absolute atomic E-state index is 0.743. The quantitative estimate of drug-likeness (QED) is 0.734. The van der Waals surface area contributed by atoms with Crippen LogP contribution in [0.25, 0.3) is 11.3 Å². The monoisotopic (exact) mass is 329 g/mol. The van der Waals surface area contributed by atoms with Crippen molar-refractivity contribution in [2.45, 2.75) is 13.5 Å². The lowest BCUT2D eigenvalue weighted by Gasteiger charge is -2.21. The zero-order chi connectivity index (χ0) is 17.1. The van der Waals surface area contributed by atoms with E-state index < -0.39 is 0 Å². The second kappa shape index (κ2) is 6.73. The molecule has 0 fully saturated rings. The average molecular weight is 329 g/mol. The maximum atomic E-state index is 4.67. The summed E-state index contributed by atoms with van der Waals surface area (Å²) in [5.41, 5.74) is 4.35. The second-order valence-electron chi connectivity index (χ2n) is 6.01. The van der Waals surface area contributed by atoms with Gasteiger partial charge in [0, 0.05) is 30.2 Å². The molecule has 1 aliphatic heterocycles. The number of pyridine rings is 1. The molecule has 0 spiro atoms. The number of imidazole rings is 1. The highest BCUT2D eigenvalue weighted by Gasteiger charge is 2.17. The summed E-state index contributed by atoms with van der Waals surface area (Å²) in [6, 6.07) is 14.5. The molecule has 5 nitrogen and oxygen atoms in total. The van der Waals surface area contributed by atoms with E-state index in [-0.39, 0.29) is 0 Å². The maximum absolute atomic E-state index is 4.67. The first-order chi connectivity index (χ1) is 12.3. The molecule has 1 aromatic carbocycles. The Morgan fingerprint density at radius 1 is 1.00 bits per heavy atom. The Balaban J connectivity index is 1.78. The van der Waals surface area contributed by atoms with Gasteiger partial charge in [-0.2, -0.15) is 0 Å². The molecule has 0 bridgehead atoms. The molecule has 0 saturated heterocycles. The SMILES string of the molecule is Cc1ccc(-c2cnc(N3C=NC=CC3)n2Cc2ccccc2)cn1. The Hall–Kier alpha value is -3.21. The Morgan fingerprint density at radius 2 is 1.88 bits per heavy atom. The summed E-state index contributed by atoms with van der Waals surface area (Å²) in [4.78, 5) is 15.4. The lowest BCUT2D eigenvalue weighted by atomic mass is 10.2. The summed E-state index contributed by atoms with van der Waals surface area (Å²) in [6.07, 6.45) is 9.47. The fourth-order valence-corrected chi connectivity index (χ4v) is 2.89. The van der Waals surface area contributed by atoms with Crippen molar-refractivity contribution >= 4 is 12.3 Å². The van der Waals surface area contributed by atoms with Crippen molar-refractivity contribution < 1.29 is 0 Å². The number of nitrogens with zero attached hydrogens (tertiary/aromatic N) is 5. The van der Waals surface area contributed by atoms with Gasteiger partial charge in [-0.05, 0) is 30.7 Å². The van der Waals surface area contributed by atoms with Crippen molar-refractivity contribution in [1.82, 2.24) is 14.5 Å². The molecule has 5 heteroatoms. The molecular weight excluding hydrogens is 310 g/mol. The van der Waals surface area contributed by atoms with E-state index in [2.05, 4.69) is 49.9 Å². The third-order valence-electron chi connectivity index (χ3n) is 4.18. The van der Waals surface area contributed by atoms with Crippen LogP contribution in [0.2, 0.25) is 0 Å². The fourth-order valence-electron chi connectivity index (χ4n) is 2.89. The summed E-state index contributed by atoms with van der Waals surface area (Å²) in [6.45, 7) is 3.50. The number of benzene rings is 1. The van der Waals surface area contributed by atoms with Crippen molar-refractivity contribution in [2.24, 2.45) is 4.99 Å². The van der Waals surface area contributed by atoms with Gasteiger partial charge in [0.15, 0.2) is 0 Å². The van der Waals surface area contributed by atoms with Crippen LogP contribution in [0.1, 0.15) is 11.3 Å². The second-order valence-corrected chi connectivity index (χ2v) is 6.01. The first kappa shape index (κ1) is 15.3. The van der Waals surface area contributed by atoms with E-state index in [0.717, 1.165) is 36.0 Å². The molecule has 0 atom stereocenters. The highest BCUT2D eigenvalue weighted by Crippen LogP contribution is 2.26. The molecule has 0 radical (unpaired) electrons. The number of aryl methyl sites for hydroxylation is 1. The van der Waals surface area contributed by atoms with Gasteiger partial charge in [-0.25, -0.2) is 9.98 Å². The van der Waals surface area contributed by atoms with Gasteiger partial charge in [-0.3, -0.25) is 9.88 Å². The molecule has 3 heterocycles. The summed E-state index contributed by atoms with van der Waals surface area (Å²) >= 11 is 0. The Kier molecular flexibility index (Phi) is 4.12. The predicted molar refractivity (Wildman–Crippen MR) is 101 cm³/mol. The molecule has 2 aromatic heterocycles. The third kappa shape index (κ3) is 3.21. The van der Waals surface area contributed by atoms with Crippen LogP contribution >= 0.6 is 0 Å². The summed E-state index contributed by atoms with van der Waals surface area (Å²) < 4.78 is 2.22. The molecule has 0 amide bonds. The maximum Gasteiger partial charge on any atom is 0.211 e. The minimum Gasteiger partial charge on any atom is -0.305 e. The van der Waals surface area contributed by atoms with E-state index in [4.69, 9.17) is 0 Å². The number of hydrogen-bond donors (Lipinski definition) is 0. The molecule has 0 saturated carbocycles. The zero-order valence-electron chi connectivity index (χ0n) is 14.1. The first-order valence-corrected chi connectivity index (χ1v) is 8.29. The topological polar surface area (TPSA) is 46.3 Å². The molecule has 3 aromatic rings. The van der Waals surface area contributed by atoms with Crippen molar-refractivity contribution in [3.05, 3.63) is 78.4 Å². The molecule has 25 heavy (non-hydrogen) atoms. The summed E-state index contributed by atoms with van der Waals surface area (Å²) in [5.74, 6) is 0.882. The minimum atomic E-state index is 0.743. The van der Waals surface area contributed by atoms with E-state index in [0.29, 0.717) is 0 Å². The standard InChI is InChI=1S/C20H19N5/c1-16-8-9-18(12-22-16)19-13-23-20(24-11-5-10-21-15-24)25(19)14-17-6-3-2-4-7-17/h2-10,12-13,15H,11,14H2,1H3.